The van der Waals surface area contributed by atoms with Crippen LogP contribution in [0.4, 0.5) is 13.2 Å². The number of halogens is 3. The minimum Gasteiger partial charge on any atom is -0.504 e. The van der Waals surface area contributed by atoms with Crippen molar-refractivity contribution in [3.05, 3.63) is 42.1 Å². The van der Waals surface area contributed by atoms with Crippen LogP contribution in [0.15, 0.2) is 36.5 Å². The SMILES string of the molecule is COC(COc1ccc(-c2ccc(C(F)(F)F)cn2)cc1O)OC. The number of rotatable bonds is 6. The van der Waals surface area contributed by atoms with Gasteiger partial charge in [0, 0.05) is 26.0 Å². The molecule has 0 amide bonds. The Hall–Kier alpha value is -2.32. The molecule has 2 aromatic rings. The number of methoxy groups -OCH3 is 2. The van der Waals surface area contributed by atoms with Crippen molar-refractivity contribution in [2.45, 2.75) is 12.5 Å². The first kappa shape index (κ1) is 18.0. The van der Waals surface area contributed by atoms with E-state index in [9.17, 15) is 18.3 Å². The lowest BCUT2D eigenvalue weighted by molar-refractivity contribution is -0.137. The standard InChI is InChI=1S/C16H16F3NO4/c1-22-15(23-2)9-24-14-6-3-10(7-13(14)21)12-5-4-11(8-20-12)16(17,18)19/h3-8,15,21H,9H2,1-2H3. The van der Waals surface area contributed by atoms with E-state index in [2.05, 4.69) is 4.98 Å². The van der Waals surface area contributed by atoms with Crippen molar-refractivity contribution in [1.82, 2.24) is 4.98 Å². The Morgan fingerprint density at radius 3 is 2.33 bits per heavy atom. The van der Waals surface area contributed by atoms with Crippen LogP contribution >= 0.6 is 0 Å². The molecule has 0 radical (unpaired) electrons. The van der Waals surface area contributed by atoms with Crippen LogP contribution in [0.25, 0.3) is 11.3 Å². The first-order valence-corrected chi connectivity index (χ1v) is 6.90. The van der Waals surface area contributed by atoms with Crippen LogP contribution in [0.2, 0.25) is 0 Å². The van der Waals surface area contributed by atoms with Crippen molar-refractivity contribution in [3.63, 3.8) is 0 Å². The lowest BCUT2D eigenvalue weighted by atomic mass is 10.1. The molecule has 0 unspecified atom stereocenters. The van der Waals surface area contributed by atoms with Gasteiger partial charge in [-0.1, -0.05) is 0 Å². The number of alkyl halides is 3. The minimum absolute atomic E-state index is 0.0679. The maximum atomic E-state index is 12.5. The maximum absolute atomic E-state index is 12.5. The fraction of sp³-hybridized carbons (Fsp3) is 0.312. The fourth-order valence-corrected chi connectivity index (χ4v) is 1.92. The average Bonchev–Trinajstić information content (AvgIpc) is 2.56. The molecule has 130 valence electrons. The third kappa shape index (κ3) is 4.36. The summed E-state index contributed by atoms with van der Waals surface area (Å²) in [6.45, 7) is 0.0679. The van der Waals surface area contributed by atoms with E-state index in [-0.39, 0.29) is 18.1 Å². The highest BCUT2D eigenvalue weighted by Crippen LogP contribution is 2.33. The highest BCUT2D eigenvalue weighted by molar-refractivity contribution is 5.63. The topological polar surface area (TPSA) is 60.8 Å². The number of benzene rings is 1. The monoisotopic (exact) mass is 343 g/mol. The Bertz CT molecular complexity index is 670. The molecule has 24 heavy (non-hydrogen) atoms. The summed E-state index contributed by atoms with van der Waals surface area (Å²) in [5.41, 5.74) is -0.0688. The van der Waals surface area contributed by atoms with Crippen LogP contribution in [0.5, 0.6) is 11.5 Å². The predicted molar refractivity (Wildman–Crippen MR) is 79.6 cm³/mol. The van der Waals surface area contributed by atoms with E-state index in [0.717, 1.165) is 12.3 Å². The number of aromatic hydroxyl groups is 1. The molecule has 0 saturated carbocycles. The number of ether oxygens (including phenoxy) is 3. The van der Waals surface area contributed by atoms with E-state index in [1.165, 1.54) is 32.4 Å². The van der Waals surface area contributed by atoms with E-state index < -0.39 is 18.0 Å². The molecule has 2 rings (SSSR count). The van der Waals surface area contributed by atoms with Gasteiger partial charge in [0.25, 0.3) is 0 Å². The number of hydrogen-bond donors (Lipinski definition) is 1. The first-order chi connectivity index (χ1) is 11.3. The highest BCUT2D eigenvalue weighted by atomic mass is 19.4. The van der Waals surface area contributed by atoms with Crippen molar-refractivity contribution in [3.8, 4) is 22.8 Å². The quantitative estimate of drug-likeness (QED) is 0.814. The summed E-state index contributed by atoms with van der Waals surface area (Å²) in [6, 6.07) is 6.61. The number of aromatic nitrogens is 1. The number of phenolic OH excluding ortho intramolecular Hbond substituents is 1. The van der Waals surface area contributed by atoms with Crippen LogP contribution in [-0.4, -0.2) is 37.2 Å². The van der Waals surface area contributed by atoms with Crippen molar-refractivity contribution in [2.24, 2.45) is 0 Å². The zero-order chi connectivity index (χ0) is 17.7. The smallest absolute Gasteiger partial charge is 0.417 e. The summed E-state index contributed by atoms with van der Waals surface area (Å²) < 4.78 is 52.9. The van der Waals surface area contributed by atoms with Crippen LogP contribution in [0.3, 0.4) is 0 Å². The van der Waals surface area contributed by atoms with E-state index in [1.807, 2.05) is 0 Å². The van der Waals surface area contributed by atoms with Crippen molar-refractivity contribution in [2.75, 3.05) is 20.8 Å². The van der Waals surface area contributed by atoms with Gasteiger partial charge in [0.15, 0.2) is 17.8 Å². The molecule has 0 fully saturated rings. The Kier molecular flexibility index (Phi) is 5.63. The predicted octanol–water partition coefficient (Wildman–Crippen LogP) is 3.47. The summed E-state index contributed by atoms with van der Waals surface area (Å²) in [4.78, 5) is 3.77. The molecule has 1 heterocycles. The van der Waals surface area contributed by atoms with Gasteiger partial charge in [-0.25, -0.2) is 0 Å². The lowest BCUT2D eigenvalue weighted by Gasteiger charge is -2.15. The van der Waals surface area contributed by atoms with Crippen LogP contribution < -0.4 is 4.74 Å². The van der Waals surface area contributed by atoms with Gasteiger partial charge in [0.2, 0.25) is 0 Å². The number of pyridine rings is 1. The Balaban J connectivity index is 2.14. The molecule has 0 atom stereocenters. The van der Waals surface area contributed by atoms with Gasteiger partial charge >= 0.3 is 6.18 Å². The largest absolute Gasteiger partial charge is 0.504 e. The van der Waals surface area contributed by atoms with E-state index in [4.69, 9.17) is 14.2 Å². The van der Waals surface area contributed by atoms with E-state index in [1.54, 1.807) is 6.07 Å². The van der Waals surface area contributed by atoms with Gasteiger partial charge in [0.1, 0.15) is 6.61 Å². The van der Waals surface area contributed by atoms with Crippen LogP contribution in [0, 0.1) is 0 Å². The molecular weight excluding hydrogens is 327 g/mol. The number of phenols is 1. The summed E-state index contributed by atoms with van der Waals surface area (Å²) in [7, 11) is 2.91. The van der Waals surface area contributed by atoms with Crippen LogP contribution in [0.1, 0.15) is 5.56 Å². The normalized spacial score (nSPS) is 11.8. The molecule has 8 heteroatoms. The molecule has 1 N–H and O–H groups in total. The minimum atomic E-state index is -4.44. The molecule has 0 aliphatic rings. The Labute approximate surface area is 136 Å². The van der Waals surface area contributed by atoms with Crippen LogP contribution in [-0.2, 0) is 15.7 Å². The lowest BCUT2D eigenvalue weighted by Crippen LogP contribution is -2.22. The third-order valence-corrected chi connectivity index (χ3v) is 3.25. The molecule has 5 nitrogen and oxygen atoms in total. The van der Waals surface area contributed by atoms with Gasteiger partial charge in [0.05, 0.1) is 11.3 Å². The van der Waals surface area contributed by atoms with Gasteiger partial charge in [-0.05, 0) is 30.3 Å². The van der Waals surface area contributed by atoms with E-state index >= 15 is 0 Å². The number of nitrogens with zero attached hydrogens (tertiary/aromatic N) is 1. The second-order valence-corrected chi connectivity index (χ2v) is 4.82. The van der Waals surface area contributed by atoms with Crippen molar-refractivity contribution in [1.29, 1.82) is 0 Å². The molecule has 1 aromatic heterocycles. The molecule has 1 aromatic carbocycles. The molecule has 0 aliphatic carbocycles. The molecular formula is C16H16F3NO4. The van der Waals surface area contributed by atoms with Crippen molar-refractivity contribution < 1.29 is 32.5 Å². The van der Waals surface area contributed by atoms with Gasteiger partial charge in [-0.2, -0.15) is 13.2 Å². The van der Waals surface area contributed by atoms with Crippen molar-refractivity contribution >= 4 is 0 Å². The van der Waals surface area contributed by atoms with E-state index in [0.29, 0.717) is 11.3 Å². The highest BCUT2D eigenvalue weighted by Gasteiger charge is 2.30. The summed E-state index contributed by atoms with van der Waals surface area (Å²) in [5, 5.41) is 9.98. The summed E-state index contributed by atoms with van der Waals surface area (Å²) in [5.74, 6) is 0.0323. The average molecular weight is 343 g/mol. The molecule has 0 bridgehead atoms. The van der Waals surface area contributed by atoms with Gasteiger partial charge < -0.3 is 19.3 Å². The molecule has 0 saturated heterocycles. The van der Waals surface area contributed by atoms with Gasteiger partial charge in [-0.3, -0.25) is 4.98 Å². The zero-order valence-electron chi connectivity index (χ0n) is 13.0. The first-order valence-electron chi connectivity index (χ1n) is 6.90. The molecule has 0 aliphatic heterocycles. The summed E-state index contributed by atoms with van der Waals surface area (Å²) >= 11 is 0. The Morgan fingerprint density at radius 2 is 1.83 bits per heavy atom. The Morgan fingerprint density at radius 1 is 1.12 bits per heavy atom. The maximum Gasteiger partial charge on any atom is 0.417 e. The van der Waals surface area contributed by atoms with Gasteiger partial charge in [-0.15, -0.1) is 0 Å². The number of hydrogen-bond acceptors (Lipinski definition) is 5. The zero-order valence-corrected chi connectivity index (χ0v) is 13.0. The summed E-state index contributed by atoms with van der Waals surface area (Å²) in [6.07, 6.45) is -4.27. The molecule has 0 spiro atoms. The fourth-order valence-electron chi connectivity index (χ4n) is 1.92. The second kappa shape index (κ2) is 7.50. The third-order valence-electron chi connectivity index (χ3n) is 3.25. The second-order valence-electron chi connectivity index (χ2n) is 4.82.